The van der Waals surface area contributed by atoms with Gasteiger partial charge in [-0.15, -0.1) is 0 Å². The lowest BCUT2D eigenvalue weighted by Crippen LogP contribution is -2.37. The van der Waals surface area contributed by atoms with Gasteiger partial charge in [0.25, 0.3) is 0 Å². The molecule has 2 heteroatoms. The monoisotopic (exact) mass is 225 g/mol. The molecule has 2 N–H and O–H groups in total. The summed E-state index contributed by atoms with van der Waals surface area (Å²) in [6.45, 7) is 0. The van der Waals surface area contributed by atoms with E-state index >= 15 is 0 Å². The van der Waals surface area contributed by atoms with Gasteiger partial charge in [0, 0.05) is 10.9 Å². The molecule has 12 heavy (non-hydrogen) atoms. The molecule has 0 bridgehead atoms. The molecule has 0 saturated carbocycles. The van der Waals surface area contributed by atoms with E-state index in [1.54, 1.807) is 0 Å². The highest BCUT2D eigenvalue weighted by molar-refractivity contribution is 9.09. The van der Waals surface area contributed by atoms with Crippen molar-refractivity contribution < 1.29 is 0 Å². The maximum Gasteiger partial charge on any atom is 0.0340 e. The zero-order valence-electron chi connectivity index (χ0n) is 6.83. The number of alkyl halides is 1. The van der Waals surface area contributed by atoms with Crippen LogP contribution in [0.15, 0.2) is 24.3 Å². The fourth-order valence-electron chi connectivity index (χ4n) is 1.70. The van der Waals surface area contributed by atoms with Crippen LogP contribution in [0.4, 0.5) is 0 Å². The van der Waals surface area contributed by atoms with Gasteiger partial charge >= 0.3 is 0 Å². The third kappa shape index (κ3) is 1.41. The topological polar surface area (TPSA) is 26.0 Å². The van der Waals surface area contributed by atoms with Crippen LogP contribution in [0, 0.1) is 0 Å². The van der Waals surface area contributed by atoms with Gasteiger partial charge in [0.15, 0.2) is 0 Å². The molecule has 1 aromatic rings. The summed E-state index contributed by atoms with van der Waals surface area (Å²) in [6.07, 6.45) is 2.07. The summed E-state index contributed by atoms with van der Waals surface area (Å²) >= 11 is 3.60. The van der Waals surface area contributed by atoms with Gasteiger partial charge in [0.2, 0.25) is 0 Å². The van der Waals surface area contributed by atoms with Gasteiger partial charge in [-0.2, -0.15) is 0 Å². The predicted octanol–water partition coefficient (Wildman–Crippen LogP) is 1.88. The molecule has 2 unspecified atom stereocenters. The first-order valence-electron chi connectivity index (χ1n) is 4.24. The first kappa shape index (κ1) is 8.27. The van der Waals surface area contributed by atoms with Crippen molar-refractivity contribution in [1.82, 2.24) is 0 Å². The Morgan fingerprint density at radius 3 is 2.42 bits per heavy atom. The second-order valence-electron chi connectivity index (χ2n) is 3.36. The van der Waals surface area contributed by atoms with Gasteiger partial charge < -0.3 is 5.73 Å². The van der Waals surface area contributed by atoms with Gasteiger partial charge in [0.1, 0.15) is 0 Å². The smallest absolute Gasteiger partial charge is 0.0340 e. The third-order valence-corrected chi connectivity index (χ3v) is 3.46. The molecular weight excluding hydrogens is 214 g/mol. The van der Waals surface area contributed by atoms with E-state index in [-0.39, 0.29) is 6.04 Å². The summed E-state index contributed by atoms with van der Waals surface area (Å²) < 4.78 is 0. The van der Waals surface area contributed by atoms with E-state index in [0.29, 0.717) is 4.83 Å². The van der Waals surface area contributed by atoms with E-state index in [2.05, 4.69) is 40.2 Å². The fraction of sp³-hybridized carbons (Fsp3) is 0.400. The summed E-state index contributed by atoms with van der Waals surface area (Å²) in [6, 6.07) is 8.82. The Kier molecular flexibility index (Phi) is 2.20. The highest BCUT2D eigenvalue weighted by atomic mass is 79.9. The van der Waals surface area contributed by atoms with Crippen molar-refractivity contribution in [1.29, 1.82) is 0 Å². The summed E-state index contributed by atoms with van der Waals surface area (Å²) in [4.78, 5) is 0.451. The quantitative estimate of drug-likeness (QED) is 0.671. The van der Waals surface area contributed by atoms with Crippen LogP contribution in [0.3, 0.4) is 0 Å². The number of halogens is 1. The molecule has 0 aromatic heterocycles. The highest BCUT2D eigenvalue weighted by Gasteiger charge is 2.22. The lowest BCUT2D eigenvalue weighted by molar-refractivity contribution is 0.599. The summed E-state index contributed by atoms with van der Waals surface area (Å²) in [5.41, 5.74) is 8.81. The van der Waals surface area contributed by atoms with Gasteiger partial charge in [0.05, 0.1) is 0 Å². The van der Waals surface area contributed by atoms with E-state index in [9.17, 15) is 0 Å². The van der Waals surface area contributed by atoms with Gasteiger partial charge in [-0.3, -0.25) is 0 Å². The summed E-state index contributed by atoms with van der Waals surface area (Å²) in [5, 5.41) is 0. The van der Waals surface area contributed by atoms with Crippen molar-refractivity contribution in [3.05, 3.63) is 35.4 Å². The first-order chi connectivity index (χ1) is 5.77. The highest BCUT2D eigenvalue weighted by Crippen LogP contribution is 2.24. The molecule has 1 aliphatic carbocycles. The average Bonchev–Trinajstić information content (AvgIpc) is 2.07. The van der Waals surface area contributed by atoms with Crippen molar-refractivity contribution in [2.45, 2.75) is 23.7 Å². The minimum atomic E-state index is 0.278. The Labute approximate surface area is 81.1 Å². The Hall–Kier alpha value is -0.340. The van der Waals surface area contributed by atoms with Crippen molar-refractivity contribution in [3.63, 3.8) is 0 Å². The van der Waals surface area contributed by atoms with Crippen LogP contribution in [-0.2, 0) is 12.8 Å². The van der Waals surface area contributed by atoms with E-state index in [0.717, 1.165) is 12.8 Å². The molecule has 2 rings (SSSR count). The van der Waals surface area contributed by atoms with Crippen LogP contribution in [0.25, 0.3) is 0 Å². The van der Waals surface area contributed by atoms with Crippen molar-refractivity contribution in [3.8, 4) is 0 Å². The zero-order chi connectivity index (χ0) is 8.55. The van der Waals surface area contributed by atoms with Crippen molar-refractivity contribution in [2.75, 3.05) is 0 Å². The Bertz CT molecular complexity index is 256. The molecule has 0 heterocycles. The van der Waals surface area contributed by atoms with Gasteiger partial charge in [-0.05, 0) is 24.0 Å². The molecule has 2 atom stereocenters. The number of benzene rings is 1. The largest absolute Gasteiger partial charge is 0.326 e. The molecule has 0 spiro atoms. The fourth-order valence-corrected chi connectivity index (χ4v) is 2.23. The molecular formula is C10H12BrN. The van der Waals surface area contributed by atoms with Gasteiger partial charge in [-0.25, -0.2) is 0 Å². The number of nitrogens with two attached hydrogens (primary N) is 1. The molecule has 0 aliphatic heterocycles. The molecule has 64 valence electrons. The minimum Gasteiger partial charge on any atom is -0.326 e. The molecule has 0 radical (unpaired) electrons. The maximum absolute atomic E-state index is 5.95. The SMILES string of the molecule is NC1Cc2ccccc2CC1Br. The summed E-state index contributed by atoms with van der Waals surface area (Å²) in [5.74, 6) is 0. The number of hydrogen-bond donors (Lipinski definition) is 1. The first-order valence-corrected chi connectivity index (χ1v) is 5.15. The summed E-state index contributed by atoms with van der Waals surface area (Å²) in [7, 11) is 0. The van der Waals surface area contributed by atoms with Crippen LogP contribution in [0.2, 0.25) is 0 Å². The third-order valence-electron chi connectivity index (χ3n) is 2.45. The second-order valence-corrected chi connectivity index (χ2v) is 4.53. The molecule has 1 aliphatic rings. The van der Waals surface area contributed by atoms with E-state index in [1.165, 1.54) is 11.1 Å². The Morgan fingerprint density at radius 1 is 1.17 bits per heavy atom. The van der Waals surface area contributed by atoms with E-state index in [1.807, 2.05) is 0 Å². The van der Waals surface area contributed by atoms with Crippen molar-refractivity contribution >= 4 is 15.9 Å². The number of fused-ring (bicyclic) bond motifs is 1. The van der Waals surface area contributed by atoms with Crippen LogP contribution >= 0.6 is 15.9 Å². The molecule has 0 amide bonds. The van der Waals surface area contributed by atoms with Crippen LogP contribution < -0.4 is 5.73 Å². The molecule has 1 nitrogen and oxygen atoms in total. The Morgan fingerprint density at radius 2 is 1.75 bits per heavy atom. The normalized spacial score (nSPS) is 28.2. The van der Waals surface area contributed by atoms with Crippen molar-refractivity contribution in [2.24, 2.45) is 5.73 Å². The van der Waals surface area contributed by atoms with Crippen LogP contribution in [0.1, 0.15) is 11.1 Å². The van der Waals surface area contributed by atoms with E-state index < -0.39 is 0 Å². The maximum atomic E-state index is 5.95. The molecule has 0 fully saturated rings. The standard InChI is InChI=1S/C10H12BrN/c11-9-5-7-3-1-2-4-8(7)6-10(9)12/h1-4,9-10H,5-6,12H2. The average molecular weight is 226 g/mol. The lowest BCUT2D eigenvalue weighted by Gasteiger charge is -2.26. The Balaban J connectivity index is 2.34. The zero-order valence-corrected chi connectivity index (χ0v) is 8.42. The van der Waals surface area contributed by atoms with Gasteiger partial charge in [-0.1, -0.05) is 40.2 Å². The predicted molar refractivity (Wildman–Crippen MR) is 54.5 cm³/mol. The lowest BCUT2D eigenvalue weighted by atomic mass is 9.89. The van der Waals surface area contributed by atoms with E-state index in [4.69, 9.17) is 5.73 Å². The molecule has 0 saturated heterocycles. The second kappa shape index (κ2) is 3.19. The van der Waals surface area contributed by atoms with Crippen LogP contribution in [-0.4, -0.2) is 10.9 Å². The molecule has 1 aromatic carbocycles. The minimum absolute atomic E-state index is 0.278. The van der Waals surface area contributed by atoms with Crippen LogP contribution in [0.5, 0.6) is 0 Å². The number of hydrogen-bond acceptors (Lipinski definition) is 1. The number of rotatable bonds is 0.